The number of nitrogens with one attached hydrogen (secondary N) is 2. The van der Waals surface area contributed by atoms with Gasteiger partial charge in [-0.2, -0.15) is 0 Å². The third-order valence-electron chi connectivity index (χ3n) is 2.34. The van der Waals surface area contributed by atoms with E-state index in [1.54, 1.807) is 0 Å². The maximum atomic E-state index is 13.1. The first kappa shape index (κ1) is 15.9. The molecule has 7 heteroatoms. The fourth-order valence-electron chi connectivity index (χ4n) is 1.60. The maximum Gasteiger partial charge on any atom is 0.292 e. The van der Waals surface area contributed by atoms with Crippen molar-refractivity contribution in [3.05, 3.63) is 34.1 Å². The molecule has 0 aliphatic rings. The Bertz CT molecular complexity index is 512. The second kappa shape index (κ2) is 6.31. The molecule has 1 aromatic rings. The molecule has 0 heterocycles. The second-order valence-electron chi connectivity index (χ2n) is 5.39. The van der Waals surface area contributed by atoms with Gasteiger partial charge in [-0.05, 0) is 26.8 Å². The van der Waals surface area contributed by atoms with E-state index in [0.29, 0.717) is 0 Å². The van der Waals surface area contributed by atoms with E-state index < -0.39 is 10.7 Å². The van der Waals surface area contributed by atoms with Crippen molar-refractivity contribution in [3.8, 4) is 0 Å². The number of hydrogen-bond acceptors (Lipinski definition) is 4. The lowest BCUT2D eigenvalue weighted by molar-refractivity contribution is -0.384. The van der Waals surface area contributed by atoms with Crippen LogP contribution in [0.2, 0.25) is 0 Å². The van der Waals surface area contributed by atoms with Gasteiger partial charge in [0.2, 0.25) is 5.91 Å². The number of anilines is 1. The number of hydrogen-bond donors (Lipinski definition) is 2. The van der Waals surface area contributed by atoms with Crippen LogP contribution >= 0.6 is 0 Å². The van der Waals surface area contributed by atoms with E-state index >= 15 is 0 Å². The summed E-state index contributed by atoms with van der Waals surface area (Å²) in [6, 6.07) is 3.16. The van der Waals surface area contributed by atoms with Crippen molar-refractivity contribution < 1.29 is 14.1 Å². The molecule has 110 valence electrons. The minimum absolute atomic E-state index is 0.0681. The molecule has 20 heavy (non-hydrogen) atoms. The van der Waals surface area contributed by atoms with E-state index in [9.17, 15) is 19.3 Å². The molecule has 0 aliphatic heterocycles. The predicted octanol–water partition coefficient (Wildman–Crippen LogP) is 2.45. The smallest absolute Gasteiger partial charge is 0.292 e. The first-order valence-electron chi connectivity index (χ1n) is 6.18. The zero-order chi connectivity index (χ0) is 15.3. The fraction of sp³-hybridized carbons (Fsp3) is 0.462. The number of carbonyl (C=O) groups is 1. The summed E-state index contributed by atoms with van der Waals surface area (Å²) in [5.74, 6) is -0.749. The van der Waals surface area contributed by atoms with Crippen LogP contribution in [0.15, 0.2) is 18.2 Å². The highest BCUT2D eigenvalue weighted by molar-refractivity contribution is 5.77. The molecule has 0 saturated heterocycles. The molecule has 0 aliphatic carbocycles. The van der Waals surface area contributed by atoms with Crippen molar-refractivity contribution in [2.24, 2.45) is 0 Å². The molecule has 2 N–H and O–H groups in total. The van der Waals surface area contributed by atoms with E-state index in [1.807, 2.05) is 20.8 Å². The van der Waals surface area contributed by atoms with Crippen LogP contribution in [-0.4, -0.2) is 22.9 Å². The molecule has 0 spiro atoms. The standard InChI is InChI=1S/C13H18FN3O3/c1-13(2,3)16-12(18)6-7-15-10-8-9(14)4-5-11(10)17(19)20/h4-5,8,15H,6-7H2,1-3H3,(H,16,18). The topological polar surface area (TPSA) is 84.3 Å². The van der Waals surface area contributed by atoms with Crippen LogP contribution in [-0.2, 0) is 4.79 Å². The van der Waals surface area contributed by atoms with Crippen LogP contribution in [0.25, 0.3) is 0 Å². The molecule has 0 aromatic heterocycles. The Hall–Kier alpha value is -2.18. The number of nitro groups is 1. The SMILES string of the molecule is CC(C)(C)NC(=O)CCNc1cc(F)ccc1[N+](=O)[O-]. The maximum absolute atomic E-state index is 13.1. The summed E-state index contributed by atoms with van der Waals surface area (Å²) in [5.41, 5.74) is -0.483. The van der Waals surface area contributed by atoms with Crippen molar-refractivity contribution in [1.29, 1.82) is 0 Å². The summed E-state index contributed by atoms with van der Waals surface area (Å²) in [6.45, 7) is 5.76. The average molecular weight is 283 g/mol. The molecule has 1 amide bonds. The Kier molecular flexibility index (Phi) is 5.01. The number of nitro benzene ring substituents is 1. The van der Waals surface area contributed by atoms with Crippen LogP contribution in [0.5, 0.6) is 0 Å². The summed E-state index contributed by atoms with van der Waals surface area (Å²) >= 11 is 0. The van der Waals surface area contributed by atoms with Gasteiger partial charge in [-0.15, -0.1) is 0 Å². The molecule has 0 saturated carbocycles. The normalized spacial score (nSPS) is 11.0. The second-order valence-corrected chi connectivity index (χ2v) is 5.39. The minimum Gasteiger partial charge on any atom is -0.379 e. The van der Waals surface area contributed by atoms with Crippen molar-refractivity contribution in [2.45, 2.75) is 32.7 Å². The molecule has 0 radical (unpaired) electrons. The van der Waals surface area contributed by atoms with E-state index in [2.05, 4.69) is 10.6 Å². The van der Waals surface area contributed by atoms with Crippen LogP contribution in [0.3, 0.4) is 0 Å². The van der Waals surface area contributed by atoms with Crippen molar-refractivity contribution in [3.63, 3.8) is 0 Å². The average Bonchev–Trinajstić information content (AvgIpc) is 2.26. The number of benzene rings is 1. The van der Waals surface area contributed by atoms with Crippen LogP contribution < -0.4 is 10.6 Å². The molecule has 0 bridgehead atoms. The number of halogens is 1. The fourth-order valence-corrected chi connectivity index (χ4v) is 1.60. The van der Waals surface area contributed by atoms with E-state index in [1.165, 1.54) is 0 Å². The first-order chi connectivity index (χ1) is 9.19. The quantitative estimate of drug-likeness (QED) is 0.642. The summed E-state index contributed by atoms with van der Waals surface area (Å²) < 4.78 is 13.1. The van der Waals surface area contributed by atoms with Gasteiger partial charge in [0, 0.05) is 30.6 Å². The third-order valence-corrected chi connectivity index (χ3v) is 2.34. The van der Waals surface area contributed by atoms with Crippen LogP contribution in [0, 0.1) is 15.9 Å². The number of rotatable bonds is 5. The molecule has 0 unspecified atom stereocenters. The van der Waals surface area contributed by atoms with Gasteiger partial charge in [-0.25, -0.2) is 4.39 Å². The van der Waals surface area contributed by atoms with Gasteiger partial charge >= 0.3 is 0 Å². The Labute approximate surface area is 116 Å². The number of nitrogens with zero attached hydrogens (tertiary/aromatic N) is 1. The lowest BCUT2D eigenvalue weighted by Gasteiger charge is -2.20. The number of amides is 1. The Morgan fingerprint density at radius 2 is 2.05 bits per heavy atom. The lowest BCUT2D eigenvalue weighted by atomic mass is 10.1. The van der Waals surface area contributed by atoms with E-state index in [0.717, 1.165) is 18.2 Å². The van der Waals surface area contributed by atoms with Gasteiger partial charge in [-0.3, -0.25) is 14.9 Å². The molecule has 0 atom stereocenters. The number of carbonyl (C=O) groups excluding carboxylic acids is 1. The molecular weight excluding hydrogens is 265 g/mol. The monoisotopic (exact) mass is 283 g/mol. The molecule has 1 aromatic carbocycles. The highest BCUT2D eigenvalue weighted by Crippen LogP contribution is 2.24. The summed E-state index contributed by atoms with van der Waals surface area (Å²) in [5, 5.41) is 16.3. The molecular formula is C13H18FN3O3. The van der Waals surface area contributed by atoms with E-state index in [-0.39, 0.29) is 35.8 Å². The Morgan fingerprint density at radius 1 is 1.40 bits per heavy atom. The zero-order valence-corrected chi connectivity index (χ0v) is 11.7. The molecule has 6 nitrogen and oxygen atoms in total. The summed E-state index contributed by atoms with van der Waals surface area (Å²) in [7, 11) is 0. The Balaban J connectivity index is 2.60. The highest BCUT2D eigenvalue weighted by atomic mass is 19.1. The van der Waals surface area contributed by atoms with Gasteiger partial charge in [0.05, 0.1) is 4.92 Å². The van der Waals surface area contributed by atoms with Crippen molar-refractivity contribution in [2.75, 3.05) is 11.9 Å². The molecule has 0 fully saturated rings. The van der Waals surface area contributed by atoms with Gasteiger partial charge in [0.15, 0.2) is 0 Å². The summed E-state index contributed by atoms with van der Waals surface area (Å²) in [4.78, 5) is 21.8. The lowest BCUT2D eigenvalue weighted by Crippen LogP contribution is -2.41. The van der Waals surface area contributed by atoms with Crippen molar-refractivity contribution in [1.82, 2.24) is 5.32 Å². The largest absolute Gasteiger partial charge is 0.379 e. The summed E-state index contributed by atoms with van der Waals surface area (Å²) in [6.07, 6.45) is 0.144. The van der Waals surface area contributed by atoms with Gasteiger partial charge in [-0.1, -0.05) is 0 Å². The van der Waals surface area contributed by atoms with Gasteiger partial charge in [0.1, 0.15) is 11.5 Å². The third kappa shape index (κ3) is 5.21. The van der Waals surface area contributed by atoms with Gasteiger partial charge < -0.3 is 10.6 Å². The highest BCUT2D eigenvalue weighted by Gasteiger charge is 2.16. The van der Waals surface area contributed by atoms with Crippen LogP contribution in [0.4, 0.5) is 15.8 Å². The first-order valence-corrected chi connectivity index (χ1v) is 6.18. The van der Waals surface area contributed by atoms with Crippen molar-refractivity contribution >= 4 is 17.3 Å². The molecule has 1 rings (SSSR count). The minimum atomic E-state index is -0.600. The zero-order valence-electron chi connectivity index (χ0n) is 11.7. The Morgan fingerprint density at radius 3 is 2.60 bits per heavy atom. The van der Waals surface area contributed by atoms with Crippen LogP contribution in [0.1, 0.15) is 27.2 Å². The van der Waals surface area contributed by atoms with E-state index in [4.69, 9.17) is 0 Å². The van der Waals surface area contributed by atoms with Gasteiger partial charge in [0.25, 0.3) is 5.69 Å². The predicted molar refractivity (Wildman–Crippen MR) is 74.1 cm³/mol.